The van der Waals surface area contributed by atoms with Crippen molar-refractivity contribution in [3.63, 3.8) is 0 Å². The number of carboxylic acid groups (broad SMARTS) is 1. The van der Waals surface area contributed by atoms with E-state index < -0.39 is 11.6 Å². The van der Waals surface area contributed by atoms with Gasteiger partial charge in [0, 0.05) is 11.6 Å². The fourth-order valence-corrected chi connectivity index (χ4v) is 0.933. The van der Waals surface area contributed by atoms with E-state index in [1.54, 1.807) is 0 Å². The number of aliphatic carboxylic acids is 1. The number of rotatable bonds is 3. The van der Waals surface area contributed by atoms with Gasteiger partial charge in [-0.05, 0) is 33.3 Å². The number of ether oxygens (including phenoxy) is 1. The summed E-state index contributed by atoms with van der Waals surface area (Å²) in [7, 11) is 0. The Morgan fingerprint density at radius 1 is 1.13 bits per heavy atom. The molecule has 1 rings (SSSR count). The highest BCUT2D eigenvalue weighted by molar-refractivity contribution is 5.84. The number of esters is 1. The highest BCUT2D eigenvalue weighted by atomic mass is 16.6. The van der Waals surface area contributed by atoms with Gasteiger partial charge < -0.3 is 9.84 Å². The Balaban J connectivity index is 0. The lowest BCUT2D eigenvalue weighted by Gasteiger charge is -2.17. The normalized spacial score (nSPS) is 9.04. The van der Waals surface area contributed by atoms with E-state index in [-0.39, 0.29) is 11.5 Å². The predicted octanol–water partition coefficient (Wildman–Crippen LogP) is 4.49. The summed E-state index contributed by atoms with van der Waals surface area (Å²) < 4.78 is 4.83. The van der Waals surface area contributed by atoms with Crippen LogP contribution in [0.2, 0.25) is 0 Å². The van der Waals surface area contributed by atoms with Crippen LogP contribution in [0, 0.1) is 0 Å². The van der Waals surface area contributed by atoms with Gasteiger partial charge in [-0.1, -0.05) is 56.1 Å². The van der Waals surface area contributed by atoms with Gasteiger partial charge in [0.05, 0.1) is 0 Å². The maximum absolute atomic E-state index is 10.5. The molecule has 0 unspecified atom stereocenters. The van der Waals surface area contributed by atoms with Crippen molar-refractivity contribution >= 4 is 18.0 Å². The van der Waals surface area contributed by atoms with Crippen molar-refractivity contribution in [1.82, 2.24) is 0 Å². The van der Waals surface area contributed by atoms with E-state index in [4.69, 9.17) is 9.84 Å². The first kappa shape index (κ1) is 22.7. The van der Waals surface area contributed by atoms with Crippen LogP contribution < -0.4 is 0 Å². The van der Waals surface area contributed by atoms with Crippen LogP contribution >= 0.6 is 0 Å². The third kappa shape index (κ3) is 17.3. The first-order valence-electron chi connectivity index (χ1n) is 6.95. The SMILES string of the molecule is C=C(C)C(=O)O.C=CC(=O)OC(C)(C)C.C=Cc1ccccc1. The number of carbonyl (C=O) groups is 2. The van der Waals surface area contributed by atoms with Crippen molar-refractivity contribution in [3.8, 4) is 0 Å². The molecule has 1 aromatic rings. The predicted molar refractivity (Wildman–Crippen MR) is 95.0 cm³/mol. The largest absolute Gasteiger partial charge is 0.478 e. The van der Waals surface area contributed by atoms with Gasteiger partial charge in [-0.3, -0.25) is 0 Å². The van der Waals surface area contributed by atoms with Crippen molar-refractivity contribution in [2.24, 2.45) is 0 Å². The summed E-state index contributed by atoms with van der Waals surface area (Å²) in [6, 6.07) is 10.0. The molecule has 0 aliphatic rings. The van der Waals surface area contributed by atoms with Gasteiger partial charge in [-0.2, -0.15) is 0 Å². The second-order valence-electron chi connectivity index (χ2n) is 5.44. The molecule has 0 atom stereocenters. The van der Waals surface area contributed by atoms with Gasteiger partial charge in [0.15, 0.2) is 0 Å². The lowest BCUT2D eigenvalue weighted by molar-refractivity contribution is -0.148. The van der Waals surface area contributed by atoms with Crippen LogP contribution in [-0.4, -0.2) is 22.6 Å². The molecule has 0 aliphatic heterocycles. The molecular weight excluding hydrogens is 292 g/mol. The zero-order chi connectivity index (χ0) is 18.5. The van der Waals surface area contributed by atoms with Crippen LogP contribution in [-0.2, 0) is 14.3 Å². The number of carbonyl (C=O) groups excluding carboxylic acids is 1. The fourth-order valence-electron chi connectivity index (χ4n) is 0.933. The highest BCUT2D eigenvalue weighted by Crippen LogP contribution is 2.06. The number of benzene rings is 1. The van der Waals surface area contributed by atoms with E-state index in [2.05, 4.69) is 19.7 Å². The molecule has 23 heavy (non-hydrogen) atoms. The lowest BCUT2D eigenvalue weighted by atomic mass is 10.2. The van der Waals surface area contributed by atoms with Crippen molar-refractivity contribution in [2.75, 3.05) is 0 Å². The van der Waals surface area contributed by atoms with Crippen molar-refractivity contribution < 1.29 is 19.4 Å². The van der Waals surface area contributed by atoms with Gasteiger partial charge >= 0.3 is 11.9 Å². The molecule has 4 nitrogen and oxygen atoms in total. The second-order valence-corrected chi connectivity index (χ2v) is 5.44. The molecule has 0 bridgehead atoms. The molecule has 0 amide bonds. The molecular formula is C19H26O4. The maximum atomic E-state index is 10.5. The summed E-state index contributed by atoms with van der Waals surface area (Å²) >= 11 is 0. The van der Waals surface area contributed by atoms with Crippen LogP contribution in [0.25, 0.3) is 6.08 Å². The summed E-state index contributed by atoms with van der Waals surface area (Å²) in [4.78, 5) is 20.1. The molecule has 0 heterocycles. The summed E-state index contributed by atoms with van der Waals surface area (Å²) in [5.41, 5.74) is 0.952. The van der Waals surface area contributed by atoms with Gasteiger partial charge in [0.2, 0.25) is 0 Å². The zero-order valence-electron chi connectivity index (χ0n) is 14.3. The Morgan fingerprint density at radius 2 is 1.57 bits per heavy atom. The highest BCUT2D eigenvalue weighted by Gasteiger charge is 2.12. The van der Waals surface area contributed by atoms with E-state index in [1.807, 2.05) is 57.2 Å². The average Bonchev–Trinajstić information content (AvgIpc) is 2.47. The molecule has 126 valence electrons. The summed E-state index contributed by atoms with van der Waals surface area (Å²) in [6.45, 7) is 16.9. The van der Waals surface area contributed by atoms with E-state index in [9.17, 15) is 9.59 Å². The van der Waals surface area contributed by atoms with E-state index in [0.717, 1.165) is 6.08 Å². The Bertz CT molecular complexity index is 510. The Labute approximate surface area is 138 Å². The van der Waals surface area contributed by atoms with Crippen LogP contribution in [0.15, 0.2) is 61.7 Å². The van der Waals surface area contributed by atoms with Gasteiger partial charge in [0.1, 0.15) is 5.60 Å². The molecule has 0 aliphatic carbocycles. The van der Waals surface area contributed by atoms with E-state index in [0.29, 0.717) is 0 Å². The Morgan fingerprint density at radius 3 is 1.74 bits per heavy atom. The van der Waals surface area contributed by atoms with E-state index >= 15 is 0 Å². The molecule has 1 N–H and O–H groups in total. The first-order valence-corrected chi connectivity index (χ1v) is 6.95. The smallest absolute Gasteiger partial charge is 0.330 e. The maximum Gasteiger partial charge on any atom is 0.330 e. The zero-order valence-corrected chi connectivity index (χ0v) is 14.3. The van der Waals surface area contributed by atoms with Crippen molar-refractivity contribution in [3.05, 3.63) is 67.3 Å². The van der Waals surface area contributed by atoms with Crippen LogP contribution in [0.5, 0.6) is 0 Å². The molecule has 0 aromatic heterocycles. The summed E-state index contributed by atoms with van der Waals surface area (Å²) in [5.74, 6) is -1.31. The number of hydrogen-bond acceptors (Lipinski definition) is 3. The fraction of sp³-hybridized carbons (Fsp3) is 0.263. The molecule has 0 saturated heterocycles. The van der Waals surface area contributed by atoms with Gasteiger partial charge in [0.25, 0.3) is 0 Å². The second kappa shape index (κ2) is 12.0. The standard InChI is InChI=1S/C8H8.C7H12O2.C4H6O2/c1-2-8-6-4-3-5-7-8;1-5-6(8)9-7(2,3)4;1-3(2)4(5)6/h2-7H,1H2;5H,1H2,2-4H3;1H2,2H3,(H,5,6). The van der Waals surface area contributed by atoms with Gasteiger partial charge in [-0.15, -0.1) is 0 Å². The van der Waals surface area contributed by atoms with Crippen molar-refractivity contribution in [1.29, 1.82) is 0 Å². The third-order valence-electron chi connectivity index (χ3n) is 1.97. The quantitative estimate of drug-likeness (QED) is 0.659. The third-order valence-corrected chi connectivity index (χ3v) is 1.97. The molecule has 0 radical (unpaired) electrons. The Kier molecular flexibility index (Phi) is 11.8. The van der Waals surface area contributed by atoms with Crippen molar-refractivity contribution in [2.45, 2.75) is 33.3 Å². The summed E-state index contributed by atoms with van der Waals surface area (Å²) in [5, 5.41) is 7.89. The minimum absolute atomic E-state index is 0.176. The topological polar surface area (TPSA) is 63.6 Å². The monoisotopic (exact) mass is 318 g/mol. The Hall–Kier alpha value is -2.62. The molecule has 1 aromatic carbocycles. The van der Waals surface area contributed by atoms with Crippen LogP contribution in [0.1, 0.15) is 33.3 Å². The lowest BCUT2D eigenvalue weighted by Crippen LogP contribution is -2.22. The molecule has 0 saturated carbocycles. The van der Waals surface area contributed by atoms with Crippen LogP contribution in [0.3, 0.4) is 0 Å². The minimum atomic E-state index is -0.935. The first-order chi connectivity index (χ1) is 10.5. The number of carboxylic acids is 1. The molecule has 0 fully saturated rings. The summed E-state index contributed by atoms with van der Waals surface area (Å²) in [6.07, 6.45) is 2.99. The molecule has 0 spiro atoms. The van der Waals surface area contributed by atoms with Gasteiger partial charge in [-0.25, -0.2) is 9.59 Å². The van der Waals surface area contributed by atoms with Crippen LogP contribution in [0.4, 0.5) is 0 Å². The average molecular weight is 318 g/mol. The molecule has 4 heteroatoms. The minimum Gasteiger partial charge on any atom is -0.478 e. The van der Waals surface area contributed by atoms with E-state index in [1.165, 1.54) is 12.5 Å². The number of hydrogen-bond donors (Lipinski definition) is 1.